The summed E-state index contributed by atoms with van der Waals surface area (Å²) in [5, 5.41) is 17.2. The number of hydrogen-bond acceptors (Lipinski definition) is 2. The van der Waals surface area contributed by atoms with Gasteiger partial charge in [0.05, 0.1) is 28.1 Å². The van der Waals surface area contributed by atoms with Gasteiger partial charge in [-0.05, 0) is 66.2 Å². The van der Waals surface area contributed by atoms with E-state index in [2.05, 4.69) is 150 Å². The van der Waals surface area contributed by atoms with E-state index in [0.29, 0.717) is 0 Å². The number of fused-ring (bicyclic) bond motifs is 10. The summed E-state index contributed by atoms with van der Waals surface area (Å²) in [6, 6.07) is 49.9. The fourth-order valence-corrected chi connectivity index (χ4v) is 8.22. The third-order valence-electron chi connectivity index (χ3n) is 10.4. The number of rotatable bonds is 3. The van der Waals surface area contributed by atoms with Gasteiger partial charge in [-0.25, -0.2) is 0 Å². The number of nitrogens with zero attached hydrogens (tertiary/aromatic N) is 3. The van der Waals surface area contributed by atoms with Crippen LogP contribution in [-0.4, -0.2) is 9.13 Å². The van der Waals surface area contributed by atoms with Crippen molar-refractivity contribution in [3.8, 4) is 11.8 Å². The molecule has 3 heterocycles. The van der Waals surface area contributed by atoms with Gasteiger partial charge >= 0.3 is 0 Å². The Bertz CT molecular complexity index is 2820. The molecule has 9 aromatic rings. The van der Waals surface area contributed by atoms with Gasteiger partial charge in [0, 0.05) is 61.1 Å². The summed E-state index contributed by atoms with van der Waals surface area (Å²) in [5.41, 5.74) is 10.5. The van der Waals surface area contributed by atoms with Crippen LogP contribution >= 0.6 is 0 Å². The SMILES string of the molecule is C[C@@H]1C(C#N)=CC=C(n2c3ccccc3c3ccccc32)C1c1ccc2c(c1)c1ccc3c4ccccc4oc3c1n2-c1ccccc1. The van der Waals surface area contributed by atoms with Crippen molar-refractivity contribution < 1.29 is 4.42 Å². The van der Waals surface area contributed by atoms with Crippen molar-refractivity contribution in [2.75, 3.05) is 0 Å². The Morgan fingerprint density at radius 3 is 1.98 bits per heavy atom. The summed E-state index contributed by atoms with van der Waals surface area (Å²) in [5.74, 6) is -0.0600. The number of furan rings is 1. The molecule has 4 heteroatoms. The van der Waals surface area contributed by atoms with Gasteiger partial charge in [-0.1, -0.05) is 91.9 Å². The van der Waals surface area contributed by atoms with Crippen LogP contribution in [-0.2, 0) is 0 Å². The lowest BCUT2D eigenvalue weighted by Gasteiger charge is -2.31. The molecule has 10 rings (SSSR count). The van der Waals surface area contributed by atoms with Crippen LogP contribution in [0, 0.1) is 17.2 Å². The molecule has 1 aliphatic rings. The highest BCUT2D eigenvalue weighted by molar-refractivity contribution is 6.21. The maximum absolute atomic E-state index is 10.2. The number of para-hydroxylation sites is 4. The molecule has 0 aliphatic heterocycles. The molecule has 1 unspecified atom stereocenters. The summed E-state index contributed by atoms with van der Waals surface area (Å²) < 4.78 is 11.4. The lowest BCUT2D eigenvalue weighted by Crippen LogP contribution is -2.20. The number of allylic oxidation sites excluding steroid dienone is 4. The van der Waals surface area contributed by atoms with Crippen LogP contribution in [0.15, 0.2) is 156 Å². The van der Waals surface area contributed by atoms with Crippen LogP contribution < -0.4 is 0 Å². The van der Waals surface area contributed by atoms with Crippen molar-refractivity contribution in [1.29, 1.82) is 5.26 Å². The van der Waals surface area contributed by atoms with E-state index in [-0.39, 0.29) is 11.8 Å². The molecule has 0 bridgehead atoms. The van der Waals surface area contributed by atoms with E-state index >= 15 is 0 Å². The maximum atomic E-state index is 10.2. The summed E-state index contributed by atoms with van der Waals surface area (Å²) >= 11 is 0. The molecule has 0 saturated carbocycles. The minimum Gasteiger partial charge on any atom is -0.454 e. The molecule has 0 fully saturated rings. The molecule has 0 radical (unpaired) electrons. The molecule has 1 aliphatic carbocycles. The number of nitriles is 1. The monoisotopic (exact) mass is 615 g/mol. The summed E-state index contributed by atoms with van der Waals surface area (Å²) in [4.78, 5) is 0. The Hall–Kier alpha value is -6.31. The average Bonchev–Trinajstić information content (AvgIpc) is 3.79. The highest BCUT2D eigenvalue weighted by Gasteiger charge is 2.32. The van der Waals surface area contributed by atoms with Crippen LogP contribution in [0.2, 0.25) is 0 Å². The molecule has 226 valence electrons. The molecule has 0 spiro atoms. The number of hydrogen-bond donors (Lipinski definition) is 0. The van der Waals surface area contributed by atoms with Crippen molar-refractivity contribution in [3.63, 3.8) is 0 Å². The van der Waals surface area contributed by atoms with E-state index in [4.69, 9.17) is 4.42 Å². The van der Waals surface area contributed by atoms with Gasteiger partial charge < -0.3 is 13.6 Å². The molecule has 4 nitrogen and oxygen atoms in total. The van der Waals surface area contributed by atoms with E-state index < -0.39 is 0 Å². The summed E-state index contributed by atoms with van der Waals surface area (Å²) in [6.45, 7) is 2.19. The van der Waals surface area contributed by atoms with Crippen molar-refractivity contribution in [2.24, 2.45) is 5.92 Å². The van der Waals surface area contributed by atoms with Crippen LogP contribution in [0.1, 0.15) is 18.4 Å². The lowest BCUT2D eigenvalue weighted by atomic mass is 9.77. The van der Waals surface area contributed by atoms with Crippen molar-refractivity contribution in [2.45, 2.75) is 12.8 Å². The summed E-state index contributed by atoms with van der Waals surface area (Å²) in [6.07, 6.45) is 4.18. The summed E-state index contributed by atoms with van der Waals surface area (Å²) in [7, 11) is 0. The first-order valence-electron chi connectivity index (χ1n) is 16.5. The second-order valence-electron chi connectivity index (χ2n) is 12.8. The molecule has 3 aromatic heterocycles. The third-order valence-corrected chi connectivity index (χ3v) is 10.4. The van der Waals surface area contributed by atoms with Crippen molar-refractivity contribution in [3.05, 3.63) is 157 Å². The quantitative estimate of drug-likeness (QED) is 0.198. The third kappa shape index (κ3) is 3.64. The van der Waals surface area contributed by atoms with Gasteiger partial charge in [-0.2, -0.15) is 5.26 Å². The highest BCUT2D eigenvalue weighted by Crippen LogP contribution is 2.47. The van der Waals surface area contributed by atoms with E-state index in [1.807, 2.05) is 18.2 Å². The van der Waals surface area contributed by atoms with E-state index in [9.17, 15) is 5.26 Å². The van der Waals surface area contributed by atoms with E-state index in [1.165, 1.54) is 33.1 Å². The predicted octanol–water partition coefficient (Wildman–Crippen LogP) is 11.5. The van der Waals surface area contributed by atoms with Gasteiger partial charge in [-0.3, -0.25) is 0 Å². The molecule has 0 saturated heterocycles. The van der Waals surface area contributed by atoms with Crippen molar-refractivity contribution in [1.82, 2.24) is 9.13 Å². The minimum absolute atomic E-state index is 0.0167. The second kappa shape index (κ2) is 10.1. The molecular weight excluding hydrogens is 587 g/mol. The fraction of sp³-hybridized carbons (Fsp3) is 0.0682. The fourth-order valence-electron chi connectivity index (χ4n) is 8.22. The predicted molar refractivity (Wildman–Crippen MR) is 197 cm³/mol. The van der Waals surface area contributed by atoms with Gasteiger partial charge in [0.25, 0.3) is 0 Å². The molecule has 0 amide bonds. The standard InChI is InChI=1S/C44H29N3O/c1-27-29(26-45)20-24-40(47-37-16-8-5-13-31(37)32-14-6-9-17-38(32)47)42(27)28-19-23-39-36(25-28)34-21-22-35-33-15-7-10-18-41(33)48-44(35)43(34)46(39)30-11-3-2-4-12-30/h2-25,27,42H,1H3/t27-,42?/m1/s1. The first-order valence-corrected chi connectivity index (χ1v) is 16.5. The Balaban J connectivity index is 1.27. The van der Waals surface area contributed by atoms with Crippen molar-refractivity contribution >= 4 is 71.2 Å². The molecular formula is C44H29N3O. The maximum Gasteiger partial charge on any atom is 0.160 e. The molecule has 0 N–H and O–H groups in total. The van der Waals surface area contributed by atoms with Crippen LogP contribution in [0.4, 0.5) is 0 Å². The molecule has 48 heavy (non-hydrogen) atoms. The average molecular weight is 616 g/mol. The molecule has 2 atom stereocenters. The smallest absolute Gasteiger partial charge is 0.160 e. The van der Waals surface area contributed by atoms with Crippen LogP contribution in [0.5, 0.6) is 0 Å². The second-order valence-corrected chi connectivity index (χ2v) is 12.8. The van der Waals surface area contributed by atoms with Gasteiger partial charge in [0.15, 0.2) is 5.58 Å². The number of aromatic nitrogens is 2. The first kappa shape index (κ1) is 26.9. The first-order chi connectivity index (χ1) is 23.7. The Morgan fingerprint density at radius 1 is 0.583 bits per heavy atom. The van der Waals surface area contributed by atoms with Gasteiger partial charge in [0.1, 0.15) is 5.58 Å². The van der Waals surface area contributed by atoms with Gasteiger partial charge in [-0.15, -0.1) is 0 Å². The Kier molecular flexibility index (Phi) is 5.65. The Labute approximate surface area is 276 Å². The zero-order valence-electron chi connectivity index (χ0n) is 26.3. The zero-order chi connectivity index (χ0) is 31.9. The normalized spacial score (nSPS) is 16.7. The van der Waals surface area contributed by atoms with Crippen LogP contribution in [0.25, 0.3) is 76.9 Å². The number of benzene rings is 6. The zero-order valence-corrected chi connectivity index (χ0v) is 26.3. The van der Waals surface area contributed by atoms with E-state index in [0.717, 1.165) is 55.0 Å². The van der Waals surface area contributed by atoms with Gasteiger partial charge in [0.2, 0.25) is 0 Å². The van der Waals surface area contributed by atoms with Crippen LogP contribution in [0.3, 0.4) is 0 Å². The minimum atomic E-state index is -0.0432. The topological polar surface area (TPSA) is 46.8 Å². The lowest BCUT2D eigenvalue weighted by molar-refractivity contribution is 0.612. The molecule has 6 aromatic carbocycles. The largest absolute Gasteiger partial charge is 0.454 e. The Morgan fingerprint density at radius 2 is 1.23 bits per heavy atom. The highest BCUT2D eigenvalue weighted by atomic mass is 16.3. The van der Waals surface area contributed by atoms with E-state index in [1.54, 1.807) is 0 Å².